The van der Waals surface area contributed by atoms with E-state index in [1.54, 1.807) is 0 Å². The van der Waals surface area contributed by atoms with Gasteiger partial charge >= 0.3 is 0 Å². The Morgan fingerprint density at radius 2 is 2.00 bits per heavy atom. The molecule has 0 aliphatic heterocycles. The second-order valence-electron chi connectivity index (χ2n) is 3.40. The second-order valence-corrected chi connectivity index (χ2v) is 3.78. The van der Waals surface area contributed by atoms with Gasteiger partial charge in [-0.15, -0.1) is 0 Å². The topological polar surface area (TPSA) is 15.3 Å². The molecule has 0 fully saturated rings. The lowest BCUT2D eigenvalue weighted by Gasteiger charge is -2.24. The maximum atomic E-state index is 5.29. The van der Waals surface area contributed by atoms with Crippen LogP contribution in [0.2, 0.25) is 0 Å². The zero-order valence-corrected chi connectivity index (χ0v) is 10.2. The fourth-order valence-corrected chi connectivity index (χ4v) is 1.60. The summed E-state index contributed by atoms with van der Waals surface area (Å²) in [5.41, 5.74) is 1.16. The van der Waals surface area contributed by atoms with Crippen molar-refractivity contribution in [3.8, 4) is 0 Å². The van der Waals surface area contributed by atoms with E-state index < -0.39 is 0 Å². The van der Waals surface area contributed by atoms with Gasteiger partial charge in [0.1, 0.15) is 0 Å². The summed E-state index contributed by atoms with van der Waals surface area (Å²) in [4.78, 5) is 2.14. The molecule has 0 amide bonds. The lowest BCUT2D eigenvalue weighted by atomic mass is 10.2. The minimum atomic E-state index is 0.787. The summed E-state index contributed by atoms with van der Waals surface area (Å²) in [5, 5.41) is 3.82. The summed E-state index contributed by atoms with van der Waals surface area (Å²) in [5.74, 6) is 0. The van der Waals surface area contributed by atoms with Crippen LogP contribution in [0, 0.1) is 0 Å². The van der Waals surface area contributed by atoms with Crippen molar-refractivity contribution in [3.05, 3.63) is 30.3 Å². The number of nitrogens with zero attached hydrogens (tertiary/aromatic N) is 1. The number of para-hydroxylation sites is 1. The van der Waals surface area contributed by atoms with E-state index in [0.29, 0.717) is 0 Å². The molecule has 0 spiro atoms. The Labute approximate surface area is 97.3 Å². The molecule has 0 heterocycles. The van der Waals surface area contributed by atoms with E-state index >= 15 is 0 Å². The molecule has 1 N–H and O–H groups in total. The Hall–Kier alpha value is -1.09. The summed E-state index contributed by atoms with van der Waals surface area (Å²) in [6, 6.07) is 10.3. The van der Waals surface area contributed by atoms with Crippen molar-refractivity contribution >= 4 is 23.0 Å². The second kappa shape index (κ2) is 6.40. The van der Waals surface area contributed by atoms with Gasteiger partial charge in [0.15, 0.2) is 5.11 Å². The largest absolute Gasteiger partial charge is 0.365 e. The average molecular weight is 222 g/mol. The summed E-state index contributed by atoms with van der Waals surface area (Å²) in [7, 11) is 1.87. The van der Waals surface area contributed by atoms with Gasteiger partial charge in [0.25, 0.3) is 0 Å². The Morgan fingerprint density at radius 3 is 2.53 bits per heavy atom. The van der Waals surface area contributed by atoms with Gasteiger partial charge in [-0.3, -0.25) is 0 Å². The first-order valence-corrected chi connectivity index (χ1v) is 5.74. The molecule has 82 valence electrons. The maximum absolute atomic E-state index is 5.29. The van der Waals surface area contributed by atoms with Gasteiger partial charge in [-0.25, -0.2) is 0 Å². The van der Waals surface area contributed by atoms with Gasteiger partial charge in [0, 0.05) is 19.3 Å². The predicted octanol–water partition coefficient (Wildman–Crippen LogP) is 2.80. The fourth-order valence-electron chi connectivity index (χ4n) is 1.41. The molecular formula is C12H18N2S. The van der Waals surface area contributed by atoms with Crippen LogP contribution in [-0.2, 0) is 0 Å². The van der Waals surface area contributed by atoms with Crippen LogP contribution in [-0.4, -0.2) is 18.7 Å². The van der Waals surface area contributed by atoms with Crippen LogP contribution in [0.25, 0.3) is 0 Å². The lowest BCUT2D eigenvalue weighted by Crippen LogP contribution is -2.38. The summed E-state index contributed by atoms with van der Waals surface area (Å²) in [6.07, 6.45) is 2.33. The quantitative estimate of drug-likeness (QED) is 0.789. The molecule has 1 aromatic rings. The lowest BCUT2D eigenvalue weighted by molar-refractivity contribution is 0.791. The summed E-state index contributed by atoms with van der Waals surface area (Å²) < 4.78 is 0. The highest BCUT2D eigenvalue weighted by Gasteiger charge is 2.08. The first-order valence-electron chi connectivity index (χ1n) is 5.34. The van der Waals surface area contributed by atoms with Gasteiger partial charge in [-0.2, -0.15) is 0 Å². The molecule has 1 rings (SSSR count). The third-order valence-corrected chi connectivity index (χ3v) is 2.69. The SMILES string of the molecule is CCCCN(C(=S)NC)c1ccccc1. The number of rotatable bonds is 4. The van der Waals surface area contributed by atoms with Crippen molar-refractivity contribution in [2.24, 2.45) is 0 Å². The molecule has 0 bridgehead atoms. The van der Waals surface area contributed by atoms with Crippen LogP contribution >= 0.6 is 12.2 Å². The van der Waals surface area contributed by atoms with E-state index in [4.69, 9.17) is 12.2 Å². The highest BCUT2D eigenvalue weighted by Crippen LogP contribution is 2.14. The normalized spacial score (nSPS) is 9.73. The van der Waals surface area contributed by atoms with Crippen molar-refractivity contribution in [2.45, 2.75) is 19.8 Å². The molecular weight excluding hydrogens is 204 g/mol. The standard InChI is InChI=1S/C12H18N2S/c1-3-4-10-14(12(15)13-2)11-8-6-5-7-9-11/h5-9H,3-4,10H2,1-2H3,(H,13,15). The number of unbranched alkanes of at least 4 members (excludes halogenated alkanes) is 1. The number of hydrogen-bond acceptors (Lipinski definition) is 1. The van der Waals surface area contributed by atoms with Crippen LogP contribution in [0.5, 0.6) is 0 Å². The molecule has 0 saturated carbocycles. The fraction of sp³-hybridized carbons (Fsp3) is 0.417. The van der Waals surface area contributed by atoms with E-state index in [1.807, 2.05) is 25.2 Å². The highest BCUT2D eigenvalue weighted by atomic mass is 32.1. The summed E-state index contributed by atoms with van der Waals surface area (Å²) >= 11 is 5.29. The smallest absolute Gasteiger partial charge is 0.173 e. The number of hydrogen-bond donors (Lipinski definition) is 1. The first-order chi connectivity index (χ1) is 7.29. The molecule has 0 aliphatic carbocycles. The third-order valence-electron chi connectivity index (χ3n) is 2.26. The van der Waals surface area contributed by atoms with Gasteiger partial charge in [-0.1, -0.05) is 31.5 Å². The molecule has 0 aliphatic rings. The van der Waals surface area contributed by atoms with Gasteiger partial charge in [0.2, 0.25) is 0 Å². The van der Waals surface area contributed by atoms with E-state index in [9.17, 15) is 0 Å². The van der Waals surface area contributed by atoms with Crippen LogP contribution in [0.3, 0.4) is 0 Å². The Balaban J connectivity index is 2.76. The predicted molar refractivity (Wildman–Crippen MR) is 70.4 cm³/mol. The van der Waals surface area contributed by atoms with Crippen molar-refractivity contribution in [1.82, 2.24) is 5.32 Å². The number of anilines is 1. The molecule has 0 atom stereocenters. The van der Waals surface area contributed by atoms with Crippen LogP contribution in [0.1, 0.15) is 19.8 Å². The molecule has 0 saturated heterocycles. The molecule has 0 unspecified atom stereocenters. The Morgan fingerprint density at radius 1 is 1.33 bits per heavy atom. The van der Waals surface area contributed by atoms with Gasteiger partial charge in [-0.05, 0) is 30.8 Å². The maximum Gasteiger partial charge on any atom is 0.173 e. The van der Waals surface area contributed by atoms with Crippen LogP contribution < -0.4 is 10.2 Å². The number of thiocarbonyl (C=S) groups is 1. The summed E-state index contributed by atoms with van der Waals surface area (Å²) in [6.45, 7) is 3.16. The van der Waals surface area contributed by atoms with E-state index in [1.165, 1.54) is 6.42 Å². The van der Waals surface area contributed by atoms with Crippen molar-refractivity contribution in [3.63, 3.8) is 0 Å². The van der Waals surface area contributed by atoms with Gasteiger partial charge in [0.05, 0.1) is 0 Å². The van der Waals surface area contributed by atoms with Crippen LogP contribution in [0.4, 0.5) is 5.69 Å². The molecule has 1 aromatic carbocycles. The van der Waals surface area contributed by atoms with Crippen LogP contribution in [0.15, 0.2) is 30.3 Å². The van der Waals surface area contributed by atoms with Crippen molar-refractivity contribution in [1.29, 1.82) is 0 Å². The Kier molecular flexibility index (Phi) is 5.12. The molecule has 0 radical (unpaired) electrons. The first kappa shape index (κ1) is 12.0. The molecule has 3 heteroatoms. The van der Waals surface area contributed by atoms with E-state index in [-0.39, 0.29) is 0 Å². The van der Waals surface area contributed by atoms with Crippen molar-refractivity contribution in [2.75, 3.05) is 18.5 Å². The molecule has 15 heavy (non-hydrogen) atoms. The minimum absolute atomic E-state index is 0.787. The van der Waals surface area contributed by atoms with Crippen molar-refractivity contribution < 1.29 is 0 Å². The monoisotopic (exact) mass is 222 g/mol. The minimum Gasteiger partial charge on any atom is -0.365 e. The highest BCUT2D eigenvalue weighted by molar-refractivity contribution is 7.80. The number of benzene rings is 1. The van der Waals surface area contributed by atoms with E-state index in [0.717, 1.165) is 23.8 Å². The Bertz CT molecular complexity index is 298. The zero-order valence-electron chi connectivity index (χ0n) is 9.36. The third kappa shape index (κ3) is 3.51. The number of nitrogens with one attached hydrogen (secondary N) is 1. The van der Waals surface area contributed by atoms with E-state index in [2.05, 4.69) is 29.3 Å². The van der Waals surface area contributed by atoms with Gasteiger partial charge < -0.3 is 10.2 Å². The molecule has 2 nitrogen and oxygen atoms in total. The average Bonchev–Trinajstić information content (AvgIpc) is 2.30. The molecule has 0 aromatic heterocycles. The zero-order chi connectivity index (χ0) is 11.1.